The Balaban J connectivity index is 1.44. The minimum Gasteiger partial charge on any atom is -0.368 e. The van der Waals surface area contributed by atoms with Gasteiger partial charge in [-0.25, -0.2) is 18.7 Å². The Bertz CT molecular complexity index is 1360. The van der Waals surface area contributed by atoms with Crippen molar-refractivity contribution in [2.24, 2.45) is 0 Å². The first kappa shape index (κ1) is 20.0. The highest BCUT2D eigenvalue weighted by atomic mass is 19.2. The standard InChI is InChI=1S/C24H20F2N6/c1-2-17-9-23(31-24(27)30-17)18-4-6-22-19(18)8-15(10-28-22)16-11-29-32(13-16)12-14-3-5-20(25)21(26)7-14/h3-5,7-11,13H,2,6,12H2,1H3,(H2,27,30,31). The maximum Gasteiger partial charge on any atom is 0.220 e. The Morgan fingerprint density at radius 1 is 1.03 bits per heavy atom. The highest BCUT2D eigenvalue weighted by Crippen LogP contribution is 2.34. The molecule has 0 fully saturated rings. The maximum absolute atomic E-state index is 13.5. The van der Waals surface area contributed by atoms with E-state index in [1.54, 1.807) is 16.9 Å². The molecule has 0 atom stereocenters. The monoisotopic (exact) mass is 430 g/mol. The summed E-state index contributed by atoms with van der Waals surface area (Å²) in [4.78, 5) is 13.3. The number of nitrogens with zero attached hydrogens (tertiary/aromatic N) is 5. The van der Waals surface area contributed by atoms with Gasteiger partial charge in [-0.1, -0.05) is 19.1 Å². The molecule has 0 bridgehead atoms. The average Bonchev–Trinajstić information content (AvgIpc) is 3.42. The summed E-state index contributed by atoms with van der Waals surface area (Å²) in [5.74, 6) is -1.47. The number of anilines is 1. The lowest BCUT2D eigenvalue weighted by Crippen LogP contribution is -2.03. The molecule has 0 aliphatic heterocycles. The van der Waals surface area contributed by atoms with Crippen LogP contribution in [0, 0.1) is 11.6 Å². The van der Waals surface area contributed by atoms with Crippen molar-refractivity contribution in [3.05, 3.63) is 94.8 Å². The lowest BCUT2D eigenvalue weighted by atomic mass is 10.0. The molecule has 0 saturated heterocycles. The van der Waals surface area contributed by atoms with Crippen LogP contribution >= 0.6 is 0 Å². The maximum atomic E-state index is 13.5. The van der Waals surface area contributed by atoms with E-state index in [1.807, 2.05) is 25.4 Å². The highest BCUT2D eigenvalue weighted by molar-refractivity contribution is 5.84. The number of aromatic nitrogens is 5. The first-order chi connectivity index (χ1) is 15.5. The van der Waals surface area contributed by atoms with Gasteiger partial charge in [-0.15, -0.1) is 0 Å². The van der Waals surface area contributed by atoms with Gasteiger partial charge in [0.25, 0.3) is 0 Å². The Morgan fingerprint density at radius 3 is 2.72 bits per heavy atom. The van der Waals surface area contributed by atoms with Gasteiger partial charge in [-0.3, -0.25) is 9.67 Å². The molecule has 0 amide bonds. The molecule has 32 heavy (non-hydrogen) atoms. The molecule has 0 unspecified atom stereocenters. The zero-order valence-electron chi connectivity index (χ0n) is 17.4. The van der Waals surface area contributed by atoms with Crippen molar-refractivity contribution in [1.29, 1.82) is 0 Å². The van der Waals surface area contributed by atoms with Crippen LogP contribution in [-0.4, -0.2) is 24.7 Å². The van der Waals surface area contributed by atoms with Gasteiger partial charge in [-0.2, -0.15) is 5.10 Å². The third kappa shape index (κ3) is 3.75. The van der Waals surface area contributed by atoms with E-state index in [0.29, 0.717) is 12.1 Å². The SMILES string of the molecule is CCc1cc(C2=CCc3ncc(-c4cnn(Cc5ccc(F)c(F)c5)c4)cc32)nc(N)n1. The molecule has 2 N–H and O–H groups in total. The Morgan fingerprint density at radius 2 is 1.91 bits per heavy atom. The normalized spacial score (nSPS) is 12.7. The molecule has 1 aliphatic rings. The zero-order valence-corrected chi connectivity index (χ0v) is 17.4. The summed E-state index contributed by atoms with van der Waals surface area (Å²) < 4.78 is 28.3. The number of pyridine rings is 1. The van der Waals surface area contributed by atoms with Gasteiger partial charge in [0.1, 0.15) is 0 Å². The third-order valence-corrected chi connectivity index (χ3v) is 5.49. The lowest BCUT2D eigenvalue weighted by Gasteiger charge is -2.09. The van der Waals surface area contributed by atoms with Gasteiger partial charge in [0.2, 0.25) is 5.95 Å². The summed E-state index contributed by atoms with van der Waals surface area (Å²) in [7, 11) is 0. The van der Waals surface area contributed by atoms with Crippen molar-refractivity contribution in [3.8, 4) is 11.1 Å². The number of hydrogen-bond acceptors (Lipinski definition) is 5. The minimum absolute atomic E-state index is 0.260. The first-order valence-corrected chi connectivity index (χ1v) is 10.3. The predicted molar refractivity (Wildman–Crippen MR) is 118 cm³/mol. The number of rotatable bonds is 5. The van der Waals surface area contributed by atoms with Crippen LogP contribution in [-0.2, 0) is 19.4 Å². The number of aryl methyl sites for hydroxylation is 1. The molecule has 0 radical (unpaired) electrons. The van der Waals surface area contributed by atoms with E-state index < -0.39 is 11.6 Å². The van der Waals surface area contributed by atoms with Crippen LogP contribution < -0.4 is 5.73 Å². The second kappa shape index (κ2) is 7.96. The summed E-state index contributed by atoms with van der Waals surface area (Å²) in [5.41, 5.74) is 13.0. The van der Waals surface area contributed by atoms with E-state index in [-0.39, 0.29) is 5.95 Å². The second-order valence-corrected chi connectivity index (χ2v) is 7.67. The Kier molecular flexibility index (Phi) is 4.97. The van der Waals surface area contributed by atoms with E-state index in [9.17, 15) is 8.78 Å². The number of benzene rings is 1. The molecule has 8 heteroatoms. The topological polar surface area (TPSA) is 82.5 Å². The molecule has 3 heterocycles. The van der Waals surface area contributed by atoms with E-state index in [1.165, 1.54) is 6.07 Å². The highest BCUT2D eigenvalue weighted by Gasteiger charge is 2.20. The summed E-state index contributed by atoms with van der Waals surface area (Å²) >= 11 is 0. The molecule has 1 aliphatic carbocycles. The fraction of sp³-hybridized carbons (Fsp3) is 0.167. The van der Waals surface area contributed by atoms with Crippen molar-refractivity contribution >= 4 is 11.5 Å². The van der Waals surface area contributed by atoms with E-state index in [0.717, 1.165) is 58.3 Å². The quantitative estimate of drug-likeness (QED) is 0.513. The first-order valence-electron chi connectivity index (χ1n) is 10.3. The van der Waals surface area contributed by atoms with Crippen LogP contribution in [0.3, 0.4) is 0 Å². The van der Waals surface area contributed by atoms with Crippen molar-refractivity contribution in [1.82, 2.24) is 24.7 Å². The Hall–Kier alpha value is -3.94. The van der Waals surface area contributed by atoms with Crippen LogP contribution in [0.5, 0.6) is 0 Å². The zero-order chi connectivity index (χ0) is 22.2. The number of nitrogens with two attached hydrogens (primary N) is 1. The number of allylic oxidation sites excluding steroid dienone is 1. The number of fused-ring (bicyclic) bond motifs is 1. The van der Waals surface area contributed by atoms with E-state index in [4.69, 9.17) is 5.73 Å². The molecule has 160 valence electrons. The van der Waals surface area contributed by atoms with Crippen LogP contribution in [0.25, 0.3) is 16.7 Å². The molecule has 5 rings (SSSR count). The molecule has 0 saturated carbocycles. The molecule has 3 aromatic heterocycles. The summed E-state index contributed by atoms with van der Waals surface area (Å²) in [6, 6.07) is 7.89. The Labute approximate surface area is 183 Å². The molecular formula is C24H20F2N6. The van der Waals surface area contributed by atoms with Crippen LogP contribution in [0.2, 0.25) is 0 Å². The van der Waals surface area contributed by atoms with Gasteiger partial charge in [0.05, 0.1) is 24.1 Å². The number of nitrogen functional groups attached to an aromatic ring is 1. The van der Waals surface area contributed by atoms with Crippen molar-refractivity contribution in [2.45, 2.75) is 26.3 Å². The van der Waals surface area contributed by atoms with Gasteiger partial charge in [-0.05, 0) is 36.2 Å². The molecule has 1 aromatic carbocycles. The van der Waals surface area contributed by atoms with Crippen molar-refractivity contribution in [2.75, 3.05) is 5.73 Å². The smallest absolute Gasteiger partial charge is 0.220 e. The molecule has 0 spiro atoms. The number of halogens is 2. The van der Waals surface area contributed by atoms with Gasteiger partial charge in [0.15, 0.2) is 11.6 Å². The predicted octanol–water partition coefficient (Wildman–Crippen LogP) is 4.19. The minimum atomic E-state index is -0.867. The van der Waals surface area contributed by atoms with Crippen molar-refractivity contribution in [3.63, 3.8) is 0 Å². The van der Waals surface area contributed by atoms with E-state index >= 15 is 0 Å². The summed E-state index contributed by atoms with van der Waals surface area (Å²) in [6.07, 6.45) is 9.02. The fourth-order valence-corrected chi connectivity index (χ4v) is 3.86. The number of hydrogen-bond donors (Lipinski definition) is 1. The van der Waals surface area contributed by atoms with Gasteiger partial charge < -0.3 is 5.73 Å². The third-order valence-electron chi connectivity index (χ3n) is 5.49. The lowest BCUT2D eigenvalue weighted by molar-refractivity contribution is 0.506. The van der Waals surface area contributed by atoms with Crippen LogP contribution in [0.15, 0.2) is 55.0 Å². The summed E-state index contributed by atoms with van der Waals surface area (Å²) in [6.45, 7) is 2.36. The average molecular weight is 430 g/mol. The van der Waals surface area contributed by atoms with Crippen LogP contribution in [0.1, 0.15) is 35.1 Å². The fourth-order valence-electron chi connectivity index (χ4n) is 3.86. The van der Waals surface area contributed by atoms with Gasteiger partial charge >= 0.3 is 0 Å². The molecule has 4 aromatic rings. The molecule has 6 nitrogen and oxygen atoms in total. The van der Waals surface area contributed by atoms with Crippen LogP contribution in [0.4, 0.5) is 14.7 Å². The summed E-state index contributed by atoms with van der Waals surface area (Å²) in [5, 5.41) is 4.37. The largest absolute Gasteiger partial charge is 0.368 e. The van der Waals surface area contributed by atoms with Crippen molar-refractivity contribution < 1.29 is 8.78 Å². The van der Waals surface area contributed by atoms with E-state index in [2.05, 4.69) is 32.2 Å². The second-order valence-electron chi connectivity index (χ2n) is 7.67. The van der Waals surface area contributed by atoms with Gasteiger partial charge in [0, 0.05) is 46.8 Å². The molecular weight excluding hydrogens is 410 g/mol.